The van der Waals surface area contributed by atoms with Crippen LogP contribution in [0.1, 0.15) is 38.2 Å². The SMILES string of the molecule is CCCCCC#CC(CS(=O)(=O)c1ccc(OCc2ccccc2)cc1)NO. The third kappa shape index (κ3) is 7.35. The van der Waals surface area contributed by atoms with Crippen LogP contribution in [0.4, 0.5) is 0 Å². The van der Waals surface area contributed by atoms with Gasteiger partial charge < -0.3 is 9.94 Å². The summed E-state index contributed by atoms with van der Waals surface area (Å²) in [6, 6.07) is 15.2. The summed E-state index contributed by atoms with van der Waals surface area (Å²) in [7, 11) is -3.58. The van der Waals surface area contributed by atoms with Gasteiger partial charge in [0.25, 0.3) is 0 Å². The van der Waals surface area contributed by atoms with Crippen molar-refractivity contribution in [3.63, 3.8) is 0 Å². The second-order valence-electron chi connectivity index (χ2n) is 6.49. The van der Waals surface area contributed by atoms with E-state index in [0.29, 0.717) is 18.8 Å². The molecule has 2 N–H and O–H groups in total. The largest absolute Gasteiger partial charge is 0.489 e. The molecular formula is C22H27NO4S. The molecule has 5 nitrogen and oxygen atoms in total. The van der Waals surface area contributed by atoms with E-state index in [4.69, 9.17) is 4.74 Å². The summed E-state index contributed by atoms with van der Waals surface area (Å²) in [5.41, 5.74) is 3.03. The van der Waals surface area contributed by atoms with Crippen molar-refractivity contribution < 1.29 is 18.4 Å². The topological polar surface area (TPSA) is 75.6 Å². The molecule has 2 rings (SSSR count). The molecule has 2 aromatic rings. The van der Waals surface area contributed by atoms with Crippen LogP contribution >= 0.6 is 0 Å². The molecular weight excluding hydrogens is 374 g/mol. The van der Waals surface area contributed by atoms with Gasteiger partial charge in [0, 0.05) is 6.42 Å². The highest BCUT2D eigenvalue weighted by atomic mass is 32.2. The molecule has 0 spiro atoms. The Morgan fingerprint density at radius 1 is 1.07 bits per heavy atom. The standard InChI is InChI=1S/C22H27NO4S/c1-2-3-4-5-9-12-20(23-24)18-28(25,26)22-15-13-21(14-16-22)27-17-19-10-7-6-8-11-19/h6-8,10-11,13-16,20,23-24H,2-5,17-18H2,1H3. The molecule has 0 amide bonds. The van der Waals surface area contributed by atoms with E-state index in [0.717, 1.165) is 24.8 Å². The molecule has 0 saturated heterocycles. The van der Waals surface area contributed by atoms with E-state index < -0.39 is 15.9 Å². The fourth-order valence-electron chi connectivity index (χ4n) is 2.57. The van der Waals surface area contributed by atoms with Crippen molar-refractivity contribution in [1.29, 1.82) is 0 Å². The normalized spacial score (nSPS) is 12.1. The number of sulfone groups is 1. The highest BCUT2D eigenvalue weighted by Crippen LogP contribution is 2.19. The van der Waals surface area contributed by atoms with Crippen molar-refractivity contribution in [2.75, 3.05) is 5.75 Å². The van der Waals surface area contributed by atoms with Gasteiger partial charge in [0.05, 0.1) is 10.6 Å². The number of rotatable bonds is 10. The van der Waals surface area contributed by atoms with Gasteiger partial charge in [0.15, 0.2) is 9.84 Å². The minimum atomic E-state index is -3.58. The Balaban J connectivity index is 1.94. The highest BCUT2D eigenvalue weighted by Gasteiger charge is 2.19. The second kappa shape index (κ2) is 11.5. The van der Waals surface area contributed by atoms with E-state index in [1.165, 1.54) is 12.1 Å². The Hall–Kier alpha value is -2.33. The Labute approximate surface area is 167 Å². The number of hydrogen-bond acceptors (Lipinski definition) is 5. The minimum absolute atomic E-state index is 0.174. The molecule has 0 radical (unpaired) electrons. The summed E-state index contributed by atoms with van der Waals surface area (Å²) in [6.07, 6.45) is 3.85. The molecule has 6 heteroatoms. The summed E-state index contributed by atoms with van der Waals surface area (Å²) in [5.74, 6) is 6.01. The molecule has 0 aliphatic heterocycles. The lowest BCUT2D eigenvalue weighted by Crippen LogP contribution is -2.32. The second-order valence-corrected chi connectivity index (χ2v) is 8.52. The van der Waals surface area contributed by atoms with Gasteiger partial charge in [-0.3, -0.25) is 0 Å². The van der Waals surface area contributed by atoms with Crippen LogP contribution in [0.3, 0.4) is 0 Å². The highest BCUT2D eigenvalue weighted by molar-refractivity contribution is 7.91. The lowest BCUT2D eigenvalue weighted by molar-refractivity contribution is 0.153. The summed E-state index contributed by atoms with van der Waals surface area (Å²) in [6.45, 7) is 2.52. The molecule has 0 heterocycles. The molecule has 0 aromatic heterocycles. The van der Waals surface area contributed by atoms with Gasteiger partial charge >= 0.3 is 0 Å². The zero-order chi connectivity index (χ0) is 20.2. The van der Waals surface area contributed by atoms with Crippen molar-refractivity contribution in [1.82, 2.24) is 5.48 Å². The number of hydroxylamine groups is 1. The smallest absolute Gasteiger partial charge is 0.180 e. The van der Waals surface area contributed by atoms with E-state index in [1.54, 1.807) is 12.1 Å². The van der Waals surface area contributed by atoms with Crippen molar-refractivity contribution in [3.05, 3.63) is 60.2 Å². The van der Waals surface area contributed by atoms with Crippen LogP contribution in [0.15, 0.2) is 59.5 Å². The molecule has 2 aromatic carbocycles. The monoisotopic (exact) mass is 401 g/mol. The number of unbranched alkanes of at least 4 members (excludes halogenated alkanes) is 3. The molecule has 0 bridgehead atoms. The van der Waals surface area contributed by atoms with Crippen LogP contribution in [0.5, 0.6) is 5.75 Å². The van der Waals surface area contributed by atoms with Crippen LogP contribution in [-0.2, 0) is 16.4 Å². The first-order chi connectivity index (χ1) is 13.5. The van der Waals surface area contributed by atoms with Gasteiger partial charge in [0.2, 0.25) is 0 Å². The fraction of sp³-hybridized carbons (Fsp3) is 0.364. The summed E-state index contributed by atoms with van der Waals surface area (Å²) >= 11 is 0. The van der Waals surface area contributed by atoms with E-state index in [1.807, 2.05) is 35.8 Å². The molecule has 0 aliphatic carbocycles. The quantitative estimate of drug-likeness (QED) is 0.358. The predicted octanol–water partition coefficient (Wildman–Crippen LogP) is 3.97. The first kappa shape index (κ1) is 22.0. The third-order valence-electron chi connectivity index (χ3n) is 4.15. The maximum Gasteiger partial charge on any atom is 0.180 e. The molecule has 28 heavy (non-hydrogen) atoms. The van der Waals surface area contributed by atoms with Crippen molar-refractivity contribution in [3.8, 4) is 17.6 Å². The van der Waals surface area contributed by atoms with Crippen LogP contribution in [0, 0.1) is 11.8 Å². The lowest BCUT2D eigenvalue weighted by atomic mass is 10.2. The van der Waals surface area contributed by atoms with Crippen molar-refractivity contribution >= 4 is 9.84 Å². The maximum absolute atomic E-state index is 12.6. The van der Waals surface area contributed by atoms with E-state index in [-0.39, 0.29) is 10.6 Å². The summed E-state index contributed by atoms with van der Waals surface area (Å²) in [4.78, 5) is 0.174. The average Bonchev–Trinajstić information content (AvgIpc) is 2.72. The molecule has 0 saturated carbocycles. The van der Waals surface area contributed by atoms with Crippen LogP contribution in [-0.4, -0.2) is 25.4 Å². The van der Waals surface area contributed by atoms with Gasteiger partial charge in [-0.1, -0.05) is 56.0 Å². The average molecular weight is 402 g/mol. The Bertz CT molecular complexity index is 868. The van der Waals surface area contributed by atoms with Crippen molar-refractivity contribution in [2.24, 2.45) is 0 Å². The Morgan fingerprint density at radius 2 is 1.79 bits per heavy atom. The first-order valence-electron chi connectivity index (χ1n) is 9.42. The van der Waals surface area contributed by atoms with Gasteiger partial charge in [-0.2, -0.15) is 5.48 Å². The van der Waals surface area contributed by atoms with Gasteiger partial charge in [-0.05, 0) is 36.2 Å². The fourth-order valence-corrected chi connectivity index (χ4v) is 3.91. The third-order valence-corrected chi connectivity index (χ3v) is 5.92. The van der Waals surface area contributed by atoms with Crippen molar-refractivity contribution in [2.45, 2.75) is 50.2 Å². The van der Waals surface area contributed by atoms with Gasteiger partial charge in [-0.25, -0.2) is 8.42 Å². The molecule has 1 atom stereocenters. The zero-order valence-electron chi connectivity index (χ0n) is 16.1. The first-order valence-corrected chi connectivity index (χ1v) is 11.1. The van der Waals surface area contributed by atoms with E-state index in [2.05, 4.69) is 18.8 Å². The molecule has 0 fully saturated rings. The minimum Gasteiger partial charge on any atom is -0.489 e. The zero-order valence-corrected chi connectivity index (χ0v) is 16.9. The number of hydrogen-bond donors (Lipinski definition) is 2. The van der Waals surface area contributed by atoms with Crippen LogP contribution < -0.4 is 10.2 Å². The number of nitrogens with one attached hydrogen (secondary N) is 1. The lowest BCUT2D eigenvalue weighted by Gasteiger charge is -2.11. The summed E-state index contributed by atoms with van der Waals surface area (Å²) in [5, 5.41) is 9.22. The molecule has 1 unspecified atom stereocenters. The van der Waals surface area contributed by atoms with E-state index in [9.17, 15) is 13.6 Å². The number of benzene rings is 2. The Morgan fingerprint density at radius 3 is 2.43 bits per heavy atom. The number of ether oxygens (including phenoxy) is 1. The maximum atomic E-state index is 12.6. The summed E-state index contributed by atoms with van der Waals surface area (Å²) < 4.78 is 30.8. The van der Waals surface area contributed by atoms with E-state index >= 15 is 0 Å². The van der Waals surface area contributed by atoms with Gasteiger partial charge in [-0.15, -0.1) is 5.92 Å². The molecule has 150 valence electrons. The van der Waals surface area contributed by atoms with Gasteiger partial charge in [0.1, 0.15) is 18.4 Å². The molecule has 0 aliphatic rings. The Kier molecular flexibility index (Phi) is 9.02. The van der Waals surface area contributed by atoms with Crippen LogP contribution in [0.25, 0.3) is 0 Å². The predicted molar refractivity (Wildman–Crippen MR) is 110 cm³/mol. The van der Waals surface area contributed by atoms with Crippen LogP contribution in [0.2, 0.25) is 0 Å².